The highest BCUT2D eigenvalue weighted by atomic mass is 32.1. The van der Waals surface area contributed by atoms with Crippen molar-refractivity contribution in [3.8, 4) is 20.9 Å². The first kappa shape index (κ1) is 41.8. The molecule has 308 valence electrons. The van der Waals surface area contributed by atoms with Crippen LogP contribution < -0.4 is 0 Å². The maximum absolute atomic E-state index is 5.62. The van der Waals surface area contributed by atoms with E-state index in [9.17, 15) is 0 Å². The Balaban J connectivity index is 1.10. The summed E-state index contributed by atoms with van der Waals surface area (Å²) in [5.74, 6) is 0. The smallest absolute Gasteiger partial charge is 0.116 e. The Kier molecular flexibility index (Phi) is 14.9. The quantitative estimate of drug-likeness (QED) is 0.0343. The highest BCUT2D eigenvalue weighted by Crippen LogP contribution is 2.46. The Bertz CT molecular complexity index is 2410. The van der Waals surface area contributed by atoms with Crippen molar-refractivity contribution in [3.05, 3.63) is 70.7 Å². The summed E-state index contributed by atoms with van der Waals surface area (Å²) >= 11 is 4.90. The molecule has 6 heterocycles. The number of pyridine rings is 2. The van der Waals surface area contributed by atoms with E-state index in [0.717, 1.165) is 78.9 Å². The number of nitrogens with zero attached hydrogens (tertiary/aromatic N) is 6. The predicted octanol–water partition coefficient (Wildman–Crippen LogP) is 16.3. The molecular weight excluding hydrogens is 781 g/mol. The van der Waals surface area contributed by atoms with Gasteiger partial charge in [-0.25, -0.2) is 9.97 Å². The molecule has 0 unspecified atom stereocenters. The van der Waals surface area contributed by atoms with Gasteiger partial charge in [0.1, 0.15) is 22.1 Å². The summed E-state index contributed by atoms with van der Waals surface area (Å²) in [5, 5.41) is 6.63. The molecule has 0 amide bonds. The van der Waals surface area contributed by atoms with Crippen LogP contribution in [0.5, 0.6) is 0 Å². The highest BCUT2D eigenvalue weighted by Gasteiger charge is 2.26. The summed E-state index contributed by atoms with van der Waals surface area (Å²) in [7, 11) is 0. The van der Waals surface area contributed by atoms with Crippen molar-refractivity contribution in [1.29, 1.82) is 0 Å². The Morgan fingerprint density at radius 1 is 0.424 bits per heavy atom. The molecule has 0 spiro atoms. The zero-order chi connectivity index (χ0) is 40.2. The van der Waals surface area contributed by atoms with E-state index < -0.39 is 0 Å². The maximum Gasteiger partial charge on any atom is 0.116 e. The van der Waals surface area contributed by atoms with Gasteiger partial charge in [-0.1, -0.05) is 129 Å². The number of hydrogen-bond donors (Lipinski definition) is 0. The van der Waals surface area contributed by atoms with Crippen LogP contribution in [0.1, 0.15) is 153 Å². The van der Waals surface area contributed by atoms with E-state index >= 15 is 0 Å². The van der Waals surface area contributed by atoms with Gasteiger partial charge in [0.15, 0.2) is 0 Å². The molecule has 0 N–H and O–H groups in total. The van der Waals surface area contributed by atoms with E-state index in [-0.39, 0.29) is 0 Å². The Morgan fingerprint density at radius 2 is 0.814 bits per heavy atom. The molecular formula is C50H60N6S3. The first-order valence-electron chi connectivity index (χ1n) is 22.8. The molecule has 8 aromatic rings. The molecule has 6 nitrogen and oxygen atoms in total. The zero-order valence-corrected chi connectivity index (χ0v) is 37.7. The fourth-order valence-corrected chi connectivity index (χ4v) is 11.4. The molecule has 0 aliphatic rings. The van der Waals surface area contributed by atoms with Crippen molar-refractivity contribution in [1.82, 2.24) is 28.7 Å². The van der Waals surface area contributed by atoms with Crippen molar-refractivity contribution in [2.24, 2.45) is 0 Å². The number of thiophene rings is 2. The van der Waals surface area contributed by atoms with E-state index in [0.29, 0.717) is 0 Å². The third kappa shape index (κ3) is 9.84. The van der Waals surface area contributed by atoms with Crippen molar-refractivity contribution >= 4 is 89.3 Å². The summed E-state index contributed by atoms with van der Waals surface area (Å²) in [4.78, 5) is 23.2. The van der Waals surface area contributed by atoms with Gasteiger partial charge in [-0.15, -0.1) is 22.7 Å². The highest BCUT2D eigenvalue weighted by molar-refractivity contribution is 7.14. The molecule has 0 atom stereocenters. The molecule has 0 radical (unpaired) electrons. The molecule has 0 fully saturated rings. The van der Waals surface area contributed by atoms with E-state index in [1.165, 1.54) is 161 Å². The van der Waals surface area contributed by atoms with Crippen molar-refractivity contribution < 1.29 is 0 Å². The van der Waals surface area contributed by atoms with Gasteiger partial charge in [0.05, 0.1) is 33.8 Å². The largest absolute Gasteiger partial charge is 0.254 e. The molecule has 59 heavy (non-hydrogen) atoms. The van der Waals surface area contributed by atoms with Crippen molar-refractivity contribution in [2.75, 3.05) is 0 Å². The van der Waals surface area contributed by atoms with Gasteiger partial charge >= 0.3 is 0 Å². The topological polar surface area (TPSA) is 77.3 Å². The monoisotopic (exact) mass is 840 g/mol. The predicted molar refractivity (Wildman–Crippen MR) is 256 cm³/mol. The van der Waals surface area contributed by atoms with Gasteiger partial charge in [0, 0.05) is 44.0 Å². The lowest BCUT2D eigenvalue weighted by Gasteiger charge is -2.13. The van der Waals surface area contributed by atoms with Gasteiger partial charge in [0.2, 0.25) is 0 Å². The van der Waals surface area contributed by atoms with Gasteiger partial charge in [0.25, 0.3) is 0 Å². The van der Waals surface area contributed by atoms with Crippen LogP contribution in [-0.2, 0) is 12.8 Å². The van der Waals surface area contributed by atoms with Crippen molar-refractivity contribution in [2.45, 2.75) is 155 Å². The SMILES string of the molecule is CCCCCCCCCCCCc1csc(-c2c3nsnc3c(-c3cc(CCCCCCCCCCCC)cs3)c3nc4c5cccnc5c5ncccc5c4nc23)c1. The minimum absolute atomic E-state index is 0.853. The minimum Gasteiger partial charge on any atom is -0.254 e. The summed E-state index contributed by atoms with van der Waals surface area (Å²) in [6.07, 6.45) is 32.9. The minimum atomic E-state index is 0.853. The molecule has 9 heteroatoms. The number of rotatable bonds is 24. The lowest BCUT2D eigenvalue weighted by Crippen LogP contribution is -1.97. The Morgan fingerprint density at radius 3 is 1.22 bits per heavy atom. The molecule has 0 aliphatic heterocycles. The van der Waals surface area contributed by atoms with Crippen LogP contribution in [0.15, 0.2) is 59.6 Å². The van der Waals surface area contributed by atoms with Gasteiger partial charge < -0.3 is 0 Å². The molecule has 0 saturated heterocycles. The van der Waals surface area contributed by atoms with Crippen LogP contribution in [0.2, 0.25) is 0 Å². The third-order valence-electron chi connectivity index (χ3n) is 12.1. The van der Waals surface area contributed by atoms with Crippen LogP contribution in [0, 0.1) is 0 Å². The van der Waals surface area contributed by atoms with E-state index in [4.69, 9.17) is 28.7 Å². The third-order valence-corrected chi connectivity index (χ3v) is 14.6. The summed E-state index contributed by atoms with van der Waals surface area (Å²) < 4.78 is 10.0. The zero-order valence-electron chi connectivity index (χ0n) is 35.2. The van der Waals surface area contributed by atoms with Gasteiger partial charge in [-0.3, -0.25) is 9.97 Å². The van der Waals surface area contributed by atoms with E-state index in [1.54, 1.807) is 22.7 Å². The van der Waals surface area contributed by atoms with Crippen molar-refractivity contribution in [3.63, 3.8) is 0 Å². The average Bonchev–Trinajstić information content (AvgIpc) is 4.06. The number of hydrogen-bond acceptors (Lipinski definition) is 9. The van der Waals surface area contributed by atoms with E-state index in [2.05, 4.69) is 48.9 Å². The molecule has 0 aliphatic carbocycles. The first-order valence-corrected chi connectivity index (χ1v) is 25.3. The molecule has 8 rings (SSSR count). The number of aryl methyl sites for hydroxylation is 2. The molecule has 2 aromatic carbocycles. The molecule has 6 aromatic heterocycles. The molecule has 0 bridgehead atoms. The lowest BCUT2D eigenvalue weighted by molar-refractivity contribution is 0.556. The van der Waals surface area contributed by atoms with Crippen LogP contribution in [0.25, 0.3) is 75.8 Å². The van der Waals surface area contributed by atoms with Crippen LogP contribution in [0.4, 0.5) is 0 Å². The first-order chi connectivity index (χ1) is 29.2. The van der Waals surface area contributed by atoms with Crippen LogP contribution in [-0.4, -0.2) is 28.7 Å². The number of fused-ring (bicyclic) bond motifs is 8. The number of unbranched alkanes of at least 4 members (excludes halogenated alkanes) is 18. The van der Waals surface area contributed by atoms with Crippen LogP contribution in [0.3, 0.4) is 0 Å². The maximum atomic E-state index is 5.62. The molecule has 0 saturated carbocycles. The summed E-state index contributed by atoms with van der Waals surface area (Å²) in [6, 6.07) is 13.0. The standard InChI is InChI=1S/C50H60N6S3/c1-3-5-7-9-11-13-15-17-19-21-25-35-31-39(57-33-35)41-47-48(54-46-38-28-24-30-52-44(38)43-37(45(46)53-47)27-23-29-51-43)42(50-49(41)55-59-56-50)40-32-36(34-58-40)26-22-20-18-16-14-12-10-8-6-4-2/h23-24,27-34H,3-22,25-26H2,1-2H3. The van der Waals surface area contributed by atoms with Gasteiger partial charge in [-0.2, -0.15) is 8.75 Å². The Labute approximate surface area is 362 Å². The number of aromatic nitrogens is 6. The average molecular weight is 841 g/mol. The summed E-state index contributed by atoms with van der Waals surface area (Å²) in [6.45, 7) is 4.58. The van der Waals surface area contributed by atoms with Gasteiger partial charge in [-0.05, 0) is 84.0 Å². The number of benzene rings is 2. The normalized spacial score (nSPS) is 12.0. The second-order valence-corrected chi connectivity index (χ2v) is 19.0. The Hall–Kier alpha value is -3.92. The summed E-state index contributed by atoms with van der Waals surface area (Å²) in [5.41, 5.74) is 11.9. The fraction of sp³-hybridized carbons (Fsp3) is 0.480. The van der Waals surface area contributed by atoms with E-state index in [1.807, 2.05) is 24.5 Å². The second-order valence-electron chi connectivity index (χ2n) is 16.6. The fourth-order valence-electron chi connectivity index (χ4n) is 8.85. The second kappa shape index (κ2) is 21.0. The lowest BCUT2D eigenvalue weighted by atomic mass is 9.99. The van der Waals surface area contributed by atoms with Crippen LogP contribution >= 0.6 is 34.4 Å².